The van der Waals surface area contributed by atoms with Gasteiger partial charge in [0.05, 0.1) is 29.8 Å². The highest BCUT2D eigenvalue weighted by Gasteiger charge is 2.22. The summed E-state index contributed by atoms with van der Waals surface area (Å²) in [5, 5.41) is 9.92. The molecule has 1 aliphatic carbocycles. The highest BCUT2D eigenvalue weighted by molar-refractivity contribution is 5.96. The minimum Gasteiger partial charge on any atom is -0.493 e. The minimum absolute atomic E-state index is 0.0140. The number of benzene rings is 1. The predicted octanol–water partition coefficient (Wildman–Crippen LogP) is 3.92. The normalized spacial score (nSPS) is 13.0. The van der Waals surface area contributed by atoms with Crippen molar-refractivity contribution in [3.05, 3.63) is 71.4 Å². The van der Waals surface area contributed by atoms with Crippen molar-refractivity contribution >= 4 is 23.3 Å². The molecule has 0 atom stereocenters. The number of halogens is 1. The zero-order valence-electron chi connectivity index (χ0n) is 19.9. The standard InChI is InChI=1S/C26H25FN6O3/c1-15-21(26(35)29-11-18-9-20(5-6-22(18)27)36-14-17-3-4-17)10-19(12-28-15)23-7-8-25-31-24(30-16(2)34)13-33(25)32-23/h5-10,12-13,17H,3-4,11,14H2,1-2H3,(H,29,35)(H,30,34). The fourth-order valence-corrected chi connectivity index (χ4v) is 3.73. The smallest absolute Gasteiger partial charge is 0.253 e. The Bertz CT molecular complexity index is 1460. The Balaban J connectivity index is 1.32. The monoisotopic (exact) mass is 488 g/mol. The molecule has 184 valence electrons. The van der Waals surface area contributed by atoms with Gasteiger partial charge in [0.2, 0.25) is 5.91 Å². The minimum atomic E-state index is -0.408. The van der Waals surface area contributed by atoms with Crippen molar-refractivity contribution in [2.45, 2.75) is 33.2 Å². The predicted molar refractivity (Wildman–Crippen MR) is 131 cm³/mol. The van der Waals surface area contributed by atoms with Gasteiger partial charge < -0.3 is 15.4 Å². The molecule has 1 aliphatic rings. The van der Waals surface area contributed by atoms with E-state index < -0.39 is 5.82 Å². The molecule has 4 aromatic rings. The van der Waals surface area contributed by atoms with Gasteiger partial charge in [0, 0.05) is 30.8 Å². The third-order valence-electron chi connectivity index (χ3n) is 5.89. The summed E-state index contributed by atoms with van der Waals surface area (Å²) in [6.07, 6.45) is 5.57. The topological polar surface area (TPSA) is 111 Å². The van der Waals surface area contributed by atoms with E-state index in [2.05, 4.69) is 25.7 Å². The Morgan fingerprint density at radius 1 is 1.19 bits per heavy atom. The van der Waals surface area contributed by atoms with Gasteiger partial charge in [0.25, 0.3) is 5.91 Å². The van der Waals surface area contributed by atoms with Crippen LogP contribution in [0.3, 0.4) is 0 Å². The number of aromatic nitrogens is 4. The van der Waals surface area contributed by atoms with Crippen LogP contribution in [0.25, 0.3) is 16.9 Å². The van der Waals surface area contributed by atoms with E-state index in [1.807, 2.05) is 0 Å². The van der Waals surface area contributed by atoms with E-state index in [1.54, 1.807) is 54.2 Å². The number of pyridine rings is 1. The lowest BCUT2D eigenvalue weighted by atomic mass is 10.1. The van der Waals surface area contributed by atoms with Crippen molar-refractivity contribution in [3.63, 3.8) is 0 Å². The number of hydrogen-bond acceptors (Lipinski definition) is 6. The van der Waals surface area contributed by atoms with E-state index in [0.717, 1.165) is 0 Å². The first kappa shape index (κ1) is 23.4. The molecule has 0 bridgehead atoms. The number of nitrogens with one attached hydrogen (secondary N) is 2. The highest BCUT2D eigenvalue weighted by Crippen LogP contribution is 2.30. The fourth-order valence-electron chi connectivity index (χ4n) is 3.73. The molecule has 5 rings (SSSR count). The van der Waals surface area contributed by atoms with Gasteiger partial charge in [-0.2, -0.15) is 5.10 Å². The average molecular weight is 489 g/mol. The molecular formula is C26H25FN6O3. The first-order valence-electron chi connectivity index (χ1n) is 11.7. The van der Waals surface area contributed by atoms with E-state index in [9.17, 15) is 14.0 Å². The molecular weight excluding hydrogens is 463 g/mol. The summed E-state index contributed by atoms with van der Waals surface area (Å²) in [6, 6.07) is 9.79. The lowest BCUT2D eigenvalue weighted by Crippen LogP contribution is -2.24. The number of fused-ring (bicyclic) bond motifs is 1. The molecule has 0 radical (unpaired) electrons. The van der Waals surface area contributed by atoms with Gasteiger partial charge in [-0.3, -0.25) is 14.6 Å². The van der Waals surface area contributed by atoms with Gasteiger partial charge in [-0.1, -0.05) is 0 Å². The molecule has 3 aromatic heterocycles. The molecule has 0 unspecified atom stereocenters. The van der Waals surface area contributed by atoms with Crippen molar-refractivity contribution < 1.29 is 18.7 Å². The molecule has 1 saturated carbocycles. The van der Waals surface area contributed by atoms with Crippen molar-refractivity contribution in [3.8, 4) is 17.0 Å². The summed E-state index contributed by atoms with van der Waals surface area (Å²) in [7, 11) is 0. The molecule has 3 heterocycles. The number of ether oxygens (including phenoxy) is 1. The lowest BCUT2D eigenvalue weighted by molar-refractivity contribution is -0.114. The molecule has 10 heteroatoms. The second-order valence-electron chi connectivity index (χ2n) is 8.88. The number of rotatable bonds is 8. The van der Waals surface area contributed by atoms with Crippen LogP contribution in [0.2, 0.25) is 0 Å². The van der Waals surface area contributed by atoms with Crippen LogP contribution in [0.15, 0.2) is 48.8 Å². The van der Waals surface area contributed by atoms with Crippen molar-refractivity contribution in [1.82, 2.24) is 24.9 Å². The number of amides is 2. The number of carbonyl (C=O) groups excluding carboxylic acids is 2. The fraction of sp³-hybridized carbons (Fsp3) is 0.269. The summed E-state index contributed by atoms with van der Waals surface area (Å²) in [6.45, 7) is 3.78. The van der Waals surface area contributed by atoms with Crippen LogP contribution in [-0.4, -0.2) is 38.0 Å². The van der Waals surface area contributed by atoms with Crippen LogP contribution in [0, 0.1) is 18.7 Å². The maximum atomic E-state index is 14.3. The Morgan fingerprint density at radius 3 is 2.81 bits per heavy atom. The molecule has 0 saturated heterocycles. The lowest BCUT2D eigenvalue weighted by Gasteiger charge is -2.11. The van der Waals surface area contributed by atoms with Crippen LogP contribution < -0.4 is 15.4 Å². The number of hydrogen-bond donors (Lipinski definition) is 2. The summed E-state index contributed by atoms with van der Waals surface area (Å²) in [5.74, 6) is 0.563. The van der Waals surface area contributed by atoms with Crippen LogP contribution in [-0.2, 0) is 11.3 Å². The molecule has 2 N–H and O–H groups in total. The van der Waals surface area contributed by atoms with E-state index >= 15 is 0 Å². The molecule has 1 fully saturated rings. The van der Waals surface area contributed by atoms with Crippen molar-refractivity contribution in [1.29, 1.82) is 0 Å². The van der Waals surface area contributed by atoms with Crippen molar-refractivity contribution in [2.24, 2.45) is 5.92 Å². The molecule has 1 aromatic carbocycles. The van der Waals surface area contributed by atoms with E-state index in [0.29, 0.717) is 57.8 Å². The summed E-state index contributed by atoms with van der Waals surface area (Å²) in [4.78, 5) is 32.9. The average Bonchev–Trinajstić information content (AvgIpc) is 3.60. The summed E-state index contributed by atoms with van der Waals surface area (Å²) >= 11 is 0. The Kier molecular flexibility index (Phi) is 6.32. The zero-order valence-corrected chi connectivity index (χ0v) is 19.9. The number of anilines is 1. The first-order valence-corrected chi connectivity index (χ1v) is 11.7. The maximum Gasteiger partial charge on any atom is 0.253 e. The largest absolute Gasteiger partial charge is 0.493 e. The van der Waals surface area contributed by atoms with E-state index in [-0.39, 0.29) is 18.4 Å². The number of carbonyl (C=O) groups is 2. The zero-order chi connectivity index (χ0) is 25.2. The quantitative estimate of drug-likeness (QED) is 0.389. The second kappa shape index (κ2) is 9.73. The van der Waals surface area contributed by atoms with Gasteiger partial charge in [-0.15, -0.1) is 0 Å². The third-order valence-corrected chi connectivity index (χ3v) is 5.89. The van der Waals surface area contributed by atoms with Crippen LogP contribution in [0.1, 0.15) is 41.4 Å². The maximum absolute atomic E-state index is 14.3. The van der Waals surface area contributed by atoms with Crippen molar-refractivity contribution in [2.75, 3.05) is 11.9 Å². The van der Waals surface area contributed by atoms with Gasteiger partial charge in [0.15, 0.2) is 11.5 Å². The first-order chi connectivity index (χ1) is 17.4. The summed E-state index contributed by atoms with van der Waals surface area (Å²) in [5.41, 5.74) is 3.01. The van der Waals surface area contributed by atoms with Crippen LogP contribution >= 0.6 is 0 Å². The van der Waals surface area contributed by atoms with Gasteiger partial charge in [0.1, 0.15) is 11.6 Å². The van der Waals surface area contributed by atoms with E-state index in [4.69, 9.17) is 4.74 Å². The molecule has 9 nitrogen and oxygen atoms in total. The molecule has 36 heavy (non-hydrogen) atoms. The van der Waals surface area contributed by atoms with Gasteiger partial charge >= 0.3 is 0 Å². The Labute approximate surface area is 206 Å². The van der Waals surface area contributed by atoms with Gasteiger partial charge in [-0.05, 0) is 62.1 Å². The van der Waals surface area contributed by atoms with E-state index in [1.165, 1.54) is 25.8 Å². The molecule has 2 amide bonds. The third kappa shape index (κ3) is 5.32. The molecule has 0 spiro atoms. The van der Waals surface area contributed by atoms with Crippen LogP contribution in [0.5, 0.6) is 5.75 Å². The second-order valence-corrected chi connectivity index (χ2v) is 8.88. The molecule has 0 aliphatic heterocycles. The SMILES string of the molecule is CC(=O)Nc1cn2nc(-c3cnc(C)c(C(=O)NCc4cc(OCC5CC5)ccc4F)c3)ccc2n1. The number of nitrogens with zero attached hydrogens (tertiary/aromatic N) is 4. The van der Waals surface area contributed by atoms with Crippen LogP contribution in [0.4, 0.5) is 10.2 Å². The highest BCUT2D eigenvalue weighted by atomic mass is 19.1. The Hall–Kier alpha value is -4.34. The Morgan fingerprint density at radius 2 is 2.03 bits per heavy atom. The number of imidazole rings is 1. The summed E-state index contributed by atoms with van der Waals surface area (Å²) < 4.78 is 21.6. The number of aryl methyl sites for hydroxylation is 1. The van der Waals surface area contributed by atoms with Gasteiger partial charge in [-0.25, -0.2) is 13.9 Å².